The quantitative estimate of drug-likeness (QED) is 0.0212. The van der Waals surface area contributed by atoms with Crippen LogP contribution in [0.15, 0.2) is 72.9 Å². The average Bonchev–Trinajstić information content (AvgIpc) is 3.52. The maximum atomic E-state index is 13.6. The van der Waals surface area contributed by atoms with Gasteiger partial charge in [-0.3, -0.25) is 14.2 Å². The first-order valence-electron chi connectivity index (χ1n) is 35.2. The van der Waals surface area contributed by atoms with Crippen LogP contribution in [0.5, 0.6) is 0 Å². The van der Waals surface area contributed by atoms with Gasteiger partial charge in [-0.05, 0) is 76.7 Å². The van der Waals surface area contributed by atoms with Gasteiger partial charge in [0.25, 0.3) is 7.82 Å². The van der Waals surface area contributed by atoms with Crippen LogP contribution in [0.4, 0.5) is 0 Å². The summed E-state index contributed by atoms with van der Waals surface area (Å²) in [5, 5.41) is 3.02. The smallest absolute Gasteiger partial charge is 0.306 e. The van der Waals surface area contributed by atoms with Gasteiger partial charge in [-0.1, -0.05) is 312 Å². The van der Waals surface area contributed by atoms with Crippen molar-refractivity contribution in [2.45, 2.75) is 341 Å². The predicted octanol–water partition coefficient (Wildman–Crippen LogP) is 21.7. The van der Waals surface area contributed by atoms with E-state index in [1.807, 2.05) is 33.3 Å². The van der Waals surface area contributed by atoms with E-state index < -0.39 is 26.6 Å². The van der Waals surface area contributed by atoms with Gasteiger partial charge in [-0.25, -0.2) is 0 Å². The molecule has 0 aromatic rings. The number of nitrogens with one attached hydrogen (secondary N) is 1. The monoisotopic (exact) mass is 1180 g/mol. The molecule has 1 amide bonds. The van der Waals surface area contributed by atoms with E-state index in [4.69, 9.17) is 13.8 Å². The highest BCUT2D eigenvalue weighted by Gasteiger charge is 2.27. The van der Waals surface area contributed by atoms with Crippen molar-refractivity contribution in [1.82, 2.24) is 5.32 Å². The van der Waals surface area contributed by atoms with Crippen LogP contribution in [0.3, 0.4) is 0 Å². The number of amides is 1. The number of hydrogen-bond donors (Lipinski definition) is 1. The number of esters is 1. The molecule has 484 valence electrons. The predicted molar refractivity (Wildman–Crippen MR) is 358 cm³/mol. The SMILES string of the molecule is CC/C=C\C/C=C\C/C=C\C/C=C\C/C=C\CCCCCC(=O)NC(COP(=O)([O-])OCC[N+](C)(C)C)C(/C=C\CCCCCCCCCCC)OC(=O)CCCCCCCCCCCCCCCCCCCCCCCCCCCCC. The van der Waals surface area contributed by atoms with Gasteiger partial charge in [-0.15, -0.1) is 0 Å². The van der Waals surface area contributed by atoms with E-state index in [0.29, 0.717) is 17.4 Å². The summed E-state index contributed by atoms with van der Waals surface area (Å²) in [5.74, 6) is -0.569. The molecule has 0 bridgehead atoms. The Bertz CT molecular complexity index is 1650. The molecule has 0 aliphatic carbocycles. The molecule has 0 aliphatic rings. The third-order valence-electron chi connectivity index (χ3n) is 15.7. The van der Waals surface area contributed by atoms with Crippen molar-refractivity contribution in [2.24, 2.45) is 0 Å². The Morgan fingerprint density at radius 1 is 0.434 bits per heavy atom. The Morgan fingerprint density at radius 3 is 1.17 bits per heavy atom. The second-order valence-electron chi connectivity index (χ2n) is 25.0. The second-order valence-corrected chi connectivity index (χ2v) is 26.4. The molecule has 1 N–H and O–H groups in total. The Morgan fingerprint density at radius 2 is 0.771 bits per heavy atom. The van der Waals surface area contributed by atoms with Crippen LogP contribution in [0.25, 0.3) is 0 Å². The van der Waals surface area contributed by atoms with Crippen molar-refractivity contribution in [3.63, 3.8) is 0 Å². The molecule has 0 heterocycles. The van der Waals surface area contributed by atoms with Crippen molar-refractivity contribution >= 4 is 19.7 Å². The number of carbonyl (C=O) groups excluding carboxylic acids is 2. The molecule has 10 heteroatoms. The standard InChI is InChI=1S/C73H135N2O7P/c1-7-10-13-16-19-22-25-27-29-31-33-34-35-36-37-38-39-40-42-44-46-48-51-54-57-60-63-66-73(77)82-71(64-61-58-55-52-49-24-21-18-15-12-9-3)70(69-81-83(78,79)80-68-67-75(4,5)6)74-72(76)65-62-59-56-53-50-47-45-43-41-32-30-28-26-23-20-17-14-11-8-2/h11,14,20,23,28,30,41,43,47,50,61,64,70-71H,7-10,12-13,15-19,21-22,24-27,29,31-40,42,44-46,48-49,51-60,62-63,65-69H2,1-6H3,(H-,74,76,78,79)/b14-11-,23-20-,30-28-,43-41-,50-47-,64-61-. The molecule has 3 atom stereocenters. The Labute approximate surface area is 514 Å². The van der Waals surface area contributed by atoms with Crippen LogP contribution < -0.4 is 10.2 Å². The van der Waals surface area contributed by atoms with Crippen molar-refractivity contribution in [3.05, 3.63) is 72.9 Å². The third kappa shape index (κ3) is 63.8. The number of phosphoric acid groups is 1. The number of allylic oxidation sites excluding steroid dienone is 11. The highest BCUT2D eigenvalue weighted by molar-refractivity contribution is 7.45. The highest BCUT2D eigenvalue weighted by Crippen LogP contribution is 2.38. The number of phosphoric ester groups is 1. The fourth-order valence-electron chi connectivity index (χ4n) is 10.3. The van der Waals surface area contributed by atoms with Crippen LogP contribution in [-0.2, 0) is 27.9 Å². The number of nitrogens with zero attached hydrogens (tertiary/aromatic N) is 1. The minimum atomic E-state index is -4.71. The van der Waals surface area contributed by atoms with Crippen molar-refractivity contribution in [3.8, 4) is 0 Å². The molecule has 0 saturated carbocycles. The van der Waals surface area contributed by atoms with E-state index in [-0.39, 0.29) is 31.3 Å². The summed E-state index contributed by atoms with van der Waals surface area (Å²) in [7, 11) is 1.17. The summed E-state index contributed by atoms with van der Waals surface area (Å²) in [6.45, 7) is 6.73. The zero-order chi connectivity index (χ0) is 60.7. The molecule has 0 aromatic carbocycles. The number of likely N-dealkylation sites (N-methyl/N-ethyl adjacent to an activating group) is 1. The molecule has 0 fully saturated rings. The van der Waals surface area contributed by atoms with E-state index in [9.17, 15) is 19.0 Å². The van der Waals surface area contributed by atoms with Crippen LogP contribution in [0.1, 0.15) is 329 Å². The van der Waals surface area contributed by atoms with E-state index in [1.165, 1.54) is 199 Å². The van der Waals surface area contributed by atoms with Crippen LogP contribution in [0, 0.1) is 0 Å². The van der Waals surface area contributed by atoms with E-state index in [0.717, 1.165) is 89.9 Å². The lowest BCUT2D eigenvalue weighted by Crippen LogP contribution is -2.47. The van der Waals surface area contributed by atoms with Crippen molar-refractivity contribution < 1.29 is 37.3 Å². The fourth-order valence-corrected chi connectivity index (χ4v) is 11.0. The lowest BCUT2D eigenvalue weighted by molar-refractivity contribution is -0.870. The summed E-state index contributed by atoms with van der Waals surface area (Å²) in [6, 6.07) is -0.907. The lowest BCUT2D eigenvalue weighted by atomic mass is 10.0. The number of quaternary nitrogens is 1. The zero-order valence-electron chi connectivity index (χ0n) is 55.4. The number of carbonyl (C=O) groups is 2. The Balaban J connectivity index is 5.01. The summed E-state index contributed by atoms with van der Waals surface area (Å²) < 4.78 is 30.4. The fraction of sp³-hybridized carbons (Fsp3) is 0.808. The molecular formula is C73H135N2O7P. The van der Waals surface area contributed by atoms with Crippen LogP contribution in [0.2, 0.25) is 0 Å². The Kier molecular flexibility index (Phi) is 60.6. The maximum Gasteiger partial charge on any atom is 0.306 e. The van der Waals surface area contributed by atoms with Gasteiger partial charge < -0.3 is 28.5 Å². The minimum absolute atomic E-state index is 0.0301. The number of hydrogen-bond acceptors (Lipinski definition) is 7. The molecule has 0 radical (unpaired) electrons. The molecule has 0 rings (SSSR count). The average molecular weight is 1180 g/mol. The first kappa shape index (κ1) is 80.5. The molecule has 9 nitrogen and oxygen atoms in total. The van der Waals surface area contributed by atoms with Crippen LogP contribution in [-0.4, -0.2) is 69.4 Å². The molecule has 83 heavy (non-hydrogen) atoms. The number of rotatable bonds is 64. The largest absolute Gasteiger partial charge is 0.756 e. The van der Waals surface area contributed by atoms with Crippen molar-refractivity contribution in [2.75, 3.05) is 40.9 Å². The van der Waals surface area contributed by atoms with E-state index in [1.54, 1.807) is 0 Å². The summed E-state index contributed by atoms with van der Waals surface area (Å²) in [5.41, 5.74) is 0. The second kappa shape index (κ2) is 62.5. The van der Waals surface area contributed by atoms with Gasteiger partial charge in [-0.2, -0.15) is 0 Å². The highest BCUT2D eigenvalue weighted by atomic mass is 31.2. The van der Waals surface area contributed by atoms with Gasteiger partial charge in [0, 0.05) is 12.8 Å². The van der Waals surface area contributed by atoms with E-state index >= 15 is 0 Å². The molecule has 0 aromatic heterocycles. The summed E-state index contributed by atoms with van der Waals surface area (Å²) in [4.78, 5) is 40.1. The van der Waals surface area contributed by atoms with Gasteiger partial charge in [0.15, 0.2) is 0 Å². The van der Waals surface area contributed by atoms with E-state index in [2.05, 4.69) is 86.8 Å². The summed E-state index contributed by atoms with van der Waals surface area (Å²) >= 11 is 0. The summed E-state index contributed by atoms with van der Waals surface area (Å²) in [6.07, 6.45) is 81.9. The van der Waals surface area contributed by atoms with Gasteiger partial charge >= 0.3 is 5.97 Å². The number of unbranched alkanes of at least 4 members (excludes halogenated alkanes) is 38. The normalized spacial score (nSPS) is 14.0. The Hall–Kier alpha value is -2.55. The molecule has 0 saturated heterocycles. The molecular weight excluding hydrogens is 1050 g/mol. The third-order valence-corrected chi connectivity index (χ3v) is 16.6. The maximum absolute atomic E-state index is 13.6. The first-order chi connectivity index (χ1) is 40.4. The molecule has 0 spiro atoms. The molecule has 0 aliphatic heterocycles. The zero-order valence-corrected chi connectivity index (χ0v) is 56.3. The molecule has 3 unspecified atom stereocenters. The number of ether oxygens (including phenoxy) is 1. The van der Waals surface area contributed by atoms with Gasteiger partial charge in [0.05, 0.1) is 33.8 Å². The lowest BCUT2D eigenvalue weighted by Gasteiger charge is -2.30. The minimum Gasteiger partial charge on any atom is -0.756 e. The topological polar surface area (TPSA) is 114 Å². The van der Waals surface area contributed by atoms with Crippen molar-refractivity contribution in [1.29, 1.82) is 0 Å². The first-order valence-corrected chi connectivity index (χ1v) is 36.7. The van der Waals surface area contributed by atoms with Gasteiger partial charge in [0.2, 0.25) is 5.91 Å². The van der Waals surface area contributed by atoms with Crippen LogP contribution >= 0.6 is 7.82 Å². The van der Waals surface area contributed by atoms with Gasteiger partial charge in [0.1, 0.15) is 19.3 Å².